The predicted molar refractivity (Wildman–Crippen MR) is 68.9 cm³/mol. The molecule has 3 nitrogen and oxygen atoms in total. The normalized spacial score (nSPS) is 14.4. The summed E-state index contributed by atoms with van der Waals surface area (Å²) in [5.41, 5.74) is 0.986. The number of carbonyl (C=O) groups excluding carboxylic acids is 1. The van der Waals surface area contributed by atoms with Gasteiger partial charge in [-0.25, -0.2) is 0 Å². The summed E-state index contributed by atoms with van der Waals surface area (Å²) in [6.07, 6.45) is 4.57. The Bertz CT molecular complexity index is 296. The number of nitrogens with one attached hydrogen (secondary N) is 1. The van der Waals surface area contributed by atoms with Gasteiger partial charge in [0.1, 0.15) is 0 Å². The summed E-state index contributed by atoms with van der Waals surface area (Å²) >= 11 is 0. The molecule has 1 fully saturated rings. The highest BCUT2D eigenvalue weighted by Gasteiger charge is 1.99. The zero-order valence-corrected chi connectivity index (χ0v) is 10.4. The van der Waals surface area contributed by atoms with Crippen molar-refractivity contribution >= 4 is 5.97 Å². The number of ether oxygens (including phenoxy) is 1. The Hall–Kier alpha value is -1.35. The predicted octanol–water partition coefficient (Wildman–Crippen LogP) is 2.16. The van der Waals surface area contributed by atoms with Gasteiger partial charge in [-0.3, -0.25) is 4.79 Å². The Labute approximate surface area is 103 Å². The molecule has 0 aliphatic carbocycles. The van der Waals surface area contributed by atoms with E-state index in [1.54, 1.807) is 0 Å². The first kappa shape index (κ1) is 13.7. The summed E-state index contributed by atoms with van der Waals surface area (Å²) in [5, 5.41) is 3.28. The molecule has 1 saturated heterocycles. The third kappa shape index (κ3) is 6.74. The molecule has 1 aromatic carbocycles. The second-order valence-electron chi connectivity index (χ2n) is 4.05. The van der Waals surface area contributed by atoms with Crippen molar-refractivity contribution in [1.29, 1.82) is 0 Å². The van der Waals surface area contributed by atoms with Gasteiger partial charge in [-0.15, -0.1) is 0 Å². The van der Waals surface area contributed by atoms with Gasteiger partial charge in [0.25, 0.3) is 0 Å². The molecule has 3 heteroatoms. The van der Waals surface area contributed by atoms with Gasteiger partial charge in [-0.1, -0.05) is 36.8 Å². The molecular weight excluding hydrogens is 214 g/mol. The van der Waals surface area contributed by atoms with E-state index in [1.165, 1.54) is 39.5 Å². The van der Waals surface area contributed by atoms with Gasteiger partial charge in [0.05, 0.1) is 13.5 Å². The molecule has 0 aromatic heterocycles. The van der Waals surface area contributed by atoms with Crippen LogP contribution in [0.5, 0.6) is 0 Å². The van der Waals surface area contributed by atoms with Gasteiger partial charge in [0.2, 0.25) is 0 Å². The van der Waals surface area contributed by atoms with Crippen LogP contribution in [-0.2, 0) is 16.0 Å². The molecule has 0 atom stereocenters. The van der Waals surface area contributed by atoms with E-state index in [0.29, 0.717) is 6.42 Å². The molecule has 1 heterocycles. The second kappa shape index (κ2) is 8.76. The first-order valence-electron chi connectivity index (χ1n) is 6.14. The number of hydrogen-bond acceptors (Lipinski definition) is 3. The minimum atomic E-state index is -0.198. The van der Waals surface area contributed by atoms with E-state index < -0.39 is 0 Å². The van der Waals surface area contributed by atoms with Gasteiger partial charge >= 0.3 is 5.97 Å². The molecule has 1 aliphatic rings. The average Bonchev–Trinajstić information content (AvgIpc) is 2.42. The standard InChI is InChI=1S/C9H10O2.C5H11N/c1-11-9(10)7-8-5-3-2-4-6-8;1-2-4-6-5-3-1/h2-6H,7H2,1H3;6H,1-5H2. The Morgan fingerprint density at radius 2 is 1.82 bits per heavy atom. The molecule has 2 rings (SSSR count). The molecule has 1 aromatic rings. The van der Waals surface area contributed by atoms with Crippen LogP contribution >= 0.6 is 0 Å². The highest BCUT2D eigenvalue weighted by molar-refractivity contribution is 5.72. The van der Waals surface area contributed by atoms with Crippen LogP contribution in [-0.4, -0.2) is 26.2 Å². The quantitative estimate of drug-likeness (QED) is 0.798. The summed E-state index contributed by atoms with van der Waals surface area (Å²) in [6, 6.07) is 9.52. The zero-order chi connectivity index (χ0) is 12.3. The lowest BCUT2D eigenvalue weighted by molar-refractivity contribution is -0.139. The van der Waals surface area contributed by atoms with Gasteiger partial charge in [0.15, 0.2) is 0 Å². The molecule has 0 radical (unpaired) electrons. The summed E-state index contributed by atoms with van der Waals surface area (Å²) in [6.45, 7) is 2.50. The number of piperidine rings is 1. The van der Waals surface area contributed by atoms with E-state index >= 15 is 0 Å². The van der Waals surface area contributed by atoms with Gasteiger partial charge in [-0.05, 0) is 31.5 Å². The Balaban J connectivity index is 0.000000202. The molecule has 1 N–H and O–H groups in total. The van der Waals surface area contributed by atoms with Crippen molar-refractivity contribution in [3.8, 4) is 0 Å². The fourth-order valence-corrected chi connectivity index (χ4v) is 1.64. The third-order valence-corrected chi connectivity index (χ3v) is 2.63. The largest absolute Gasteiger partial charge is 0.469 e. The van der Waals surface area contributed by atoms with E-state index in [4.69, 9.17) is 0 Å². The van der Waals surface area contributed by atoms with Crippen LogP contribution < -0.4 is 5.32 Å². The number of carbonyl (C=O) groups is 1. The monoisotopic (exact) mass is 235 g/mol. The van der Waals surface area contributed by atoms with Crippen molar-refractivity contribution in [2.24, 2.45) is 0 Å². The fourth-order valence-electron chi connectivity index (χ4n) is 1.64. The Morgan fingerprint density at radius 3 is 2.24 bits per heavy atom. The smallest absolute Gasteiger partial charge is 0.309 e. The van der Waals surface area contributed by atoms with Gasteiger partial charge in [0, 0.05) is 0 Å². The van der Waals surface area contributed by atoms with Crippen molar-refractivity contribution in [2.45, 2.75) is 25.7 Å². The van der Waals surface area contributed by atoms with Crippen LogP contribution in [0, 0.1) is 0 Å². The number of hydrogen-bond donors (Lipinski definition) is 1. The van der Waals surface area contributed by atoms with E-state index in [0.717, 1.165) is 5.56 Å². The number of methoxy groups -OCH3 is 1. The van der Waals surface area contributed by atoms with Crippen molar-refractivity contribution in [3.05, 3.63) is 35.9 Å². The Morgan fingerprint density at radius 1 is 1.18 bits per heavy atom. The zero-order valence-electron chi connectivity index (χ0n) is 10.4. The maximum absolute atomic E-state index is 10.8. The number of esters is 1. The number of benzene rings is 1. The lowest BCUT2D eigenvalue weighted by atomic mass is 10.2. The van der Waals surface area contributed by atoms with Crippen molar-refractivity contribution < 1.29 is 9.53 Å². The van der Waals surface area contributed by atoms with Crippen LogP contribution in [0.25, 0.3) is 0 Å². The molecule has 17 heavy (non-hydrogen) atoms. The SMILES string of the molecule is C1CCNCC1.COC(=O)Cc1ccccc1. The van der Waals surface area contributed by atoms with Crippen LogP contribution in [0.4, 0.5) is 0 Å². The van der Waals surface area contributed by atoms with E-state index in [9.17, 15) is 4.79 Å². The van der Waals surface area contributed by atoms with Crippen molar-refractivity contribution in [1.82, 2.24) is 5.32 Å². The maximum atomic E-state index is 10.8. The molecule has 1 aliphatic heterocycles. The third-order valence-electron chi connectivity index (χ3n) is 2.63. The number of rotatable bonds is 2. The summed E-state index contributed by atoms with van der Waals surface area (Å²) in [7, 11) is 1.39. The van der Waals surface area contributed by atoms with Gasteiger partial charge in [-0.2, -0.15) is 0 Å². The highest BCUT2D eigenvalue weighted by Crippen LogP contribution is 1.99. The summed E-state index contributed by atoms with van der Waals surface area (Å²) < 4.78 is 4.52. The minimum absolute atomic E-state index is 0.198. The first-order chi connectivity index (χ1) is 8.33. The van der Waals surface area contributed by atoms with Crippen LogP contribution in [0.3, 0.4) is 0 Å². The van der Waals surface area contributed by atoms with Gasteiger partial charge < -0.3 is 10.1 Å². The molecule has 0 saturated carbocycles. The highest BCUT2D eigenvalue weighted by atomic mass is 16.5. The van der Waals surface area contributed by atoms with E-state index in [1.807, 2.05) is 30.3 Å². The Kier molecular flexibility index (Phi) is 7.07. The second-order valence-corrected chi connectivity index (χ2v) is 4.05. The van der Waals surface area contributed by atoms with Crippen molar-refractivity contribution in [3.63, 3.8) is 0 Å². The fraction of sp³-hybridized carbons (Fsp3) is 0.500. The lowest BCUT2D eigenvalue weighted by Gasteiger charge is -2.08. The van der Waals surface area contributed by atoms with E-state index in [2.05, 4.69) is 10.1 Å². The van der Waals surface area contributed by atoms with Crippen LogP contribution in [0.2, 0.25) is 0 Å². The summed E-state index contributed by atoms with van der Waals surface area (Å²) in [5.74, 6) is -0.198. The van der Waals surface area contributed by atoms with Crippen LogP contribution in [0.15, 0.2) is 30.3 Å². The molecule has 0 bridgehead atoms. The topological polar surface area (TPSA) is 38.3 Å². The maximum Gasteiger partial charge on any atom is 0.309 e. The molecular formula is C14H21NO2. The lowest BCUT2D eigenvalue weighted by Crippen LogP contribution is -2.21. The molecule has 0 amide bonds. The summed E-state index contributed by atoms with van der Waals surface area (Å²) in [4.78, 5) is 10.8. The van der Waals surface area contributed by atoms with Crippen LogP contribution in [0.1, 0.15) is 24.8 Å². The molecule has 0 unspecified atom stereocenters. The minimum Gasteiger partial charge on any atom is -0.469 e. The van der Waals surface area contributed by atoms with E-state index in [-0.39, 0.29) is 5.97 Å². The molecule has 94 valence electrons. The molecule has 0 spiro atoms. The van der Waals surface area contributed by atoms with Crippen molar-refractivity contribution in [2.75, 3.05) is 20.2 Å². The first-order valence-corrected chi connectivity index (χ1v) is 6.14. The average molecular weight is 235 g/mol.